The van der Waals surface area contributed by atoms with E-state index in [0.29, 0.717) is 6.54 Å². The first-order valence-corrected chi connectivity index (χ1v) is 7.85. The minimum Gasteiger partial charge on any atom is -0.354 e. The summed E-state index contributed by atoms with van der Waals surface area (Å²) in [6.45, 7) is 0.717. The van der Waals surface area contributed by atoms with E-state index in [4.69, 9.17) is 0 Å². The molecule has 1 saturated heterocycles. The van der Waals surface area contributed by atoms with Crippen molar-refractivity contribution in [1.82, 2.24) is 10.6 Å². The van der Waals surface area contributed by atoms with Gasteiger partial charge in [-0.25, -0.2) is 0 Å². The molecule has 0 radical (unpaired) electrons. The lowest BCUT2D eigenvalue weighted by atomic mass is 10.3. The van der Waals surface area contributed by atoms with Crippen molar-refractivity contribution in [2.45, 2.75) is 12.5 Å². The topological polar surface area (TPSA) is 41.1 Å². The summed E-state index contributed by atoms with van der Waals surface area (Å²) in [5.74, 6) is 1.90. The van der Waals surface area contributed by atoms with Crippen molar-refractivity contribution in [3.05, 3.63) is 20.8 Å². The van der Waals surface area contributed by atoms with Crippen LogP contribution in [-0.2, 0) is 11.2 Å². The summed E-state index contributed by atoms with van der Waals surface area (Å²) in [6, 6.07) is 4.13. The van der Waals surface area contributed by atoms with E-state index in [1.54, 1.807) is 23.1 Å². The number of hydrogen-bond acceptors (Lipinski definition) is 4. The van der Waals surface area contributed by atoms with Gasteiger partial charge in [0.1, 0.15) is 0 Å². The van der Waals surface area contributed by atoms with Gasteiger partial charge < -0.3 is 5.32 Å². The summed E-state index contributed by atoms with van der Waals surface area (Å²) >= 11 is 6.91. The van der Waals surface area contributed by atoms with Crippen LogP contribution in [0.15, 0.2) is 15.9 Å². The highest BCUT2D eigenvalue weighted by Crippen LogP contribution is 2.22. The van der Waals surface area contributed by atoms with Crippen LogP contribution in [-0.4, -0.2) is 30.1 Å². The third kappa shape index (κ3) is 3.48. The maximum atomic E-state index is 11.6. The van der Waals surface area contributed by atoms with E-state index in [-0.39, 0.29) is 11.9 Å². The van der Waals surface area contributed by atoms with Crippen LogP contribution in [0.1, 0.15) is 4.88 Å². The van der Waals surface area contributed by atoms with E-state index < -0.39 is 0 Å². The number of nitrogens with one attached hydrogen (secondary N) is 2. The molecule has 1 aromatic rings. The molecular weight excluding hydrogens is 308 g/mol. The Kier molecular flexibility index (Phi) is 4.69. The summed E-state index contributed by atoms with van der Waals surface area (Å²) in [5, 5.41) is 6.11. The smallest absolute Gasteiger partial charge is 0.238 e. The number of amides is 1. The molecule has 1 aliphatic heterocycles. The second-order valence-corrected chi connectivity index (χ2v) is 7.10. The van der Waals surface area contributed by atoms with Gasteiger partial charge >= 0.3 is 0 Å². The van der Waals surface area contributed by atoms with Crippen molar-refractivity contribution in [2.75, 3.05) is 18.2 Å². The quantitative estimate of drug-likeness (QED) is 0.889. The normalized spacial score (nSPS) is 19.9. The molecular formula is C10H13BrN2OS2. The predicted molar refractivity (Wildman–Crippen MR) is 73.0 cm³/mol. The van der Waals surface area contributed by atoms with Gasteiger partial charge in [-0.1, -0.05) is 0 Å². The molecule has 2 N–H and O–H groups in total. The standard InChI is InChI=1S/C10H13BrN2OS2/c11-9-2-1-7(16-9)3-4-12-10(14)8-5-15-6-13-8/h1-2,8,13H,3-6H2,(H,12,14). The zero-order valence-electron chi connectivity index (χ0n) is 8.66. The van der Waals surface area contributed by atoms with Crippen molar-refractivity contribution in [3.63, 3.8) is 0 Å². The van der Waals surface area contributed by atoms with Crippen LogP contribution < -0.4 is 10.6 Å². The Bertz CT molecular complexity index is 363. The van der Waals surface area contributed by atoms with Crippen molar-refractivity contribution in [2.24, 2.45) is 0 Å². The lowest BCUT2D eigenvalue weighted by molar-refractivity contribution is -0.122. The van der Waals surface area contributed by atoms with Gasteiger partial charge in [-0.3, -0.25) is 10.1 Å². The average molecular weight is 321 g/mol. The molecule has 1 fully saturated rings. The zero-order valence-corrected chi connectivity index (χ0v) is 11.9. The van der Waals surface area contributed by atoms with E-state index in [0.717, 1.165) is 21.8 Å². The second-order valence-electron chi connectivity index (χ2n) is 3.52. The molecule has 0 saturated carbocycles. The Labute approximate surface area is 112 Å². The monoisotopic (exact) mass is 320 g/mol. The number of rotatable bonds is 4. The molecule has 1 aliphatic rings. The van der Waals surface area contributed by atoms with Crippen molar-refractivity contribution in [1.29, 1.82) is 0 Å². The largest absolute Gasteiger partial charge is 0.354 e. The molecule has 1 aromatic heterocycles. The first kappa shape index (κ1) is 12.4. The van der Waals surface area contributed by atoms with Gasteiger partial charge in [0, 0.05) is 23.1 Å². The highest BCUT2D eigenvalue weighted by molar-refractivity contribution is 9.11. The van der Waals surface area contributed by atoms with Crippen molar-refractivity contribution >= 4 is 44.9 Å². The van der Waals surface area contributed by atoms with Crippen LogP contribution in [0.3, 0.4) is 0 Å². The molecule has 0 aromatic carbocycles. The average Bonchev–Trinajstić information content (AvgIpc) is 2.89. The number of carbonyl (C=O) groups is 1. The zero-order chi connectivity index (χ0) is 11.4. The van der Waals surface area contributed by atoms with E-state index in [1.807, 2.05) is 6.07 Å². The van der Waals surface area contributed by atoms with Crippen LogP contribution in [0.25, 0.3) is 0 Å². The molecule has 2 heterocycles. The number of thioether (sulfide) groups is 1. The Morgan fingerprint density at radius 2 is 2.50 bits per heavy atom. The fraction of sp³-hybridized carbons (Fsp3) is 0.500. The maximum Gasteiger partial charge on any atom is 0.238 e. The molecule has 3 nitrogen and oxygen atoms in total. The molecule has 0 spiro atoms. The number of carbonyl (C=O) groups excluding carboxylic acids is 1. The molecule has 6 heteroatoms. The Hall–Kier alpha value is -0.0400. The van der Waals surface area contributed by atoms with Crippen LogP contribution in [0, 0.1) is 0 Å². The van der Waals surface area contributed by atoms with Crippen molar-refractivity contribution < 1.29 is 4.79 Å². The van der Waals surface area contributed by atoms with Gasteiger partial charge in [-0.05, 0) is 34.5 Å². The molecule has 2 rings (SSSR count). The first-order valence-electron chi connectivity index (χ1n) is 5.09. The van der Waals surface area contributed by atoms with Crippen molar-refractivity contribution in [3.8, 4) is 0 Å². The third-order valence-electron chi connectivity index (χ3n) is 2.33. The van der Waals surface area contributed by atoms with Crippen LogP contribution in [0.4, 0.5) is 0 Å². The van der Waals surface area contributed by atoms with Gasteiger partial charge in [0.2, 0.25) is 5.91 Å². The van der Waals surface area contributed by atoms with E-state index >= 15 is 0 Å². The predicted octanol–water partition coefficient (Wildman–Crippen LogP) is 1.83. The molecule has 1 amide bonds. The molecule has 16 heavy (non-hydrogen) atoms. The summed E-state index contributed by atoms with van der Waals surface area (Å²) in [7, 11) is 0. The summed E-state index contributed by atoms with van der Waals surface area (Å²) in [5.41, 5.74) is 0. The molecule has 88 valence electrons. The van der Waals surface area contributed by atoms with Gasteiger partial charge in [-0.15, -0.1) is 23.1 Å². The maximum absolute atomic E-state index is 11.6. The van der Waals surface area contributed by atoms with Gasteiger partial charge in [0.25, 0.3) is 0 Å². The summed E-state index contributed by atoms with van der Waals surface area (Å²) < 4.78 is 1.14. The lowest BCUT2D eigenvalue weighted by Crippen LogP contribution is -2.42. The minimum atomic E-state index is 0.0000665. The van der Waals surface area contributed by atoms with Gasteiger partial charge in [0.15, 0.2) is 0 Å². The van der Waals surface area contributed by atoms with E-state index in [2.05, 4.69) is 32.6 Å². The van der Waals surface area contributed by atoms with Crippen LogP contribution in [0.2, 0.25) is 0 Å². The fourth-order valence-electron chi connectivity index (χ4n) is 1.48. The Morgan fingerprint density at radius 1 is 1.62 bits per heavy atom. The van der Waals surface area contributed by atoms with Gasteiger partial charge in [0.05, 0.1) is 9.83 Å². The molecule has 1 unspecified atom stereocenters. The summed E-state index contributed by atoms with van der Waals surface area (Å²) in [6.07, 6.45) is 0.905. The van der Waals surface area contributed by atoms with E-state index in [1.165, 1.54) is 4.88 Å². The third-order valence-corrected chi connectivity index (χ3v) is 4.96. The lowest BCUT2D eigenvalue weighted by Gasteiger charge is -2.09. The Morgan fingerprint density at radius 3 is 3.12 bits per heavy atom. The van der Waals surface area contributed by atoms with Gasteiger partial charge in [-0.2, -0.15) is 0 Å². The highest BCUT2D eigenvalue weighted by Gasteiger charge is 2.21. The second kappa shape index (κ2) is 6.05. The van der Waals surface area contributed by atoms with Crippen LogP contribution >= 0.6 is 39.0 Å². The van der Waals surface area contributed by atoms with E-state index in [9.17, 15) is 4.79 Å². The summed E-state index contributed by atoms with van der Waals surface area (Å²) in [4.78, 5) is 12.9. The molecule has 0 aliphatic carbocycles. The Balaban J connectivity index is 1.69. The fourth-order valence-corrected chi connectivity index (χ4v) is 3.91. The number of halogens is 1. The molecule has 1 atom stereocenters. The number of hydrogen-bond donors (Lipinski definition) is 2. The first-order chi connectivity index (χ1) is 7.75. The van der Waals surface area contributed by atoms with Crippen LogP contribution in [0.5, 0.6) is 0 Å². The SMILES string of the molecule is O=C(NCCc1ccc(Br)s1)C1CSCN1. The minimum absolute atomic E-state index is 0.0000665. The molecule has 0 bridgehead atoms. The number of thiophene rings is 1. The highest BCUT2D eigenvalue weighted by atomic mass is 79.9.